The molecule has 1 saturated carbocycles. The molecule has 6 nitrogen and oxygen atoms in total. The van der Waals surface area contributed by atoms with Gasteiger partial charge in [0.1, 0.15) is 0 Å². The fraction of sp³-hybridized carbons (Fsp3) is 1.00. The number of hydrogen-bond donors (Lipinski definition) is 1. The number of fused-ring (bicyclic) bond motifs is 2. The molecule has 6 aliphatic rings. The van der Waals surface area contributed by atoms with Crippen molar-refractivity contribution in [2.45, 2.75) is 99.0 Å². The van der Waals surface area contributed by atoms with Gasteiger partial charge in [0.25, 0.3) is 0 Å². The molecule has 6 heteroatoms. The van der Waals surface area contributed by atoms with E-state index in [0.29, 0.717) is 0 Å². The number of nitrogens with zero attached hydrogens (tertiary/aromatic N) is 5. The molecular formula is C32H74N6. The Bertz CT molecular complexity index is 440. The van der Waals surface area contributed by atoms with Crippen LogP contribution in [-0.2, 0) is 0 Å². The molecule has 6 rings (SSSR count). The molecule has 0 radical (unpaired) electrons. The predicted octanol–water partition coefficient (Wildman–Crippen LogP) is 5.45. The first-order chi connectivity index (χ1) is 16.9. The van der Waals surface area contributed by atoms with Gasteiger partial charge in [0.05, 0.1) is 0 Å². The van der Waals surface area contributed by atoms with Crippen LogP contribution >= 0.6 is 0 Å². The van der Waals surface area contributed by atoms with Crippen LogP contribution in [0.15, 0.2) is 0 Å². The first-order valence-electron chi connectivity index (χ1n) is 15.1. The van der Waals surface area contributed by atoms with E-state index in [0.717, 1.165) is 25.0 Å². The van der Waals surface area contributed by atoms with Gasteiger partial charge in [0.2, 0.25) is 0 Å². The number of piperidine rings is 3. The molecule has 0 aromatic carbocycles. The van der Waals surface area contributed by atoms with E-state index in [4.69, 9.17) is 0 Å². The fourth-order valence-corrected chi connectivity index (χ4v) is 5.93. The van der Waals surface area contributed by atoms with Gasteiger partial charge in [-0.05, 0) is 138 Å². The van der Waals surface area contributed by atoms with Crippen molar-refractivity contribution in [1.82, 2.24) is 29.8 Å². The minimum absolute atomic E-state index is 0. The largest absolute Gasteiger partial charge is 0.314 e. The highest BCUT2D eigenvalue weighted by atomic mass is 15.2. The average molecular weight is 543 g/mol. The third kappa shape index (κ3) is 18.9. The summed E-state index contributed by atoms with van der Waals surface area (Å²) in [6, 6.07) is 0.972. The molecule has 0 aromatic heterocycles. The maximum Gasteiger partial charge on any atom is 0.0104 e. The van der Waals surface area contributed by atoms with Crippen molar-refractivity contribution in [3.63, 3.8) is 0 Å². The summed E-state index contributed by atoms with van der Waals surface area (Å²) in [6.07, 6.45) is 15.9. The first kappa shape index (κ1) is 39.9. The second kappa shape index (κ2) is 24.5. The summed E-state index contributed by atoms with van der Waals surface area (Å²) in [5.74, 6) is 1.07. The van der Waals surface area contributed by atoms with Crippen LogP contribution in [0.4, 0.5) is 0 Å². The van der Waals surface area contributed by atoms with Crippen LogP contribution in [0.5, 0.6) is 0 Å². The maximum atomic E-state index is 3.27. The summed E-state index contributed by atoms with van der Waals surface area (Å²) >= 11 is 0. The fourth-order valence-electron chi connectivity index (χ4n) is 5.93. The van der Waals surface area contributed by atoms with E-state index < -0.39 is 0 Å². The van der Waals surface area contributed by atoms with Gasteiger partial charge in [-0.1, -0.05) is 35.1 Å². The van der Waals surface area contributed by atoms with Crippen LogP contribution in [0, 0.1) is 5.92 Å². The quantitative estimate of drug-likeness (QED) is 0.438. The maximum absolute atomic E-state index is 3.27. The second-order valence-corrected chi connectivity index (χ2v) is 12.1. The minimum atomic E-state index is 0. The first-order valence-corrected chi connectivity index (χ1v) is 15.1. The van der Waals surface area contributed by atoms with Crippen molar-refractivity contribution in [3.05, 3.63) is 0 Å². The van der Waals surface area contributed by atoms with Crippen LogP contribution in [0.1, 0.15) is 92.9 Å². The van der Waals surface area contributed by atoms with Gasteiger partial charge in [-0.25, -0.2) is 0 Å². The zero-order valence-electron chi connectivity index (χ0n) is 24.4. The molecule has 232 valence electrons. The second-order valence-electron chi connectivity index (χ2n) is 12.1. The van der Waals surface area contributed by atoms with Crippen LogP contribution in [0.3, 0.4) is 0 Å². The Balaban J connectivity index is 0. The Kier molecular flexibility index (Phi) is 25.8. The molecule has 5 saturated heterocycles. The number of rotatable bonds is 0. The van der Waals surface area contributed by atoms with Crippen molar-refractivity contribution in [3.8, 4) is 0 Å². The SMILES string of the molecule is C.C.C.CN1CC2CCC1C2.CN1CCCC1.CN1CCCCC1.CN1CCCCC1.CN1CCNCC1. The molecular weight excluding hydrogens is 468 g/mol. The molecule has 0 spiro atoms. The number of hydrogen-bond acceptors (Lipinski definition) is 6. The van der Waals surface area contributed by atoms with Crippen molar-refractivity contribution < 1.29 is 0 Å². The standard InChI is InChI=1S/C7H13N.2C6H13N.C5H12N2.C5H11N.3CH4/c1-8-5-6-2-3-7(8)4-6;2*1-7-5-3-2-4-6-7;1-7-4-2-6-3-5-7;1-6-4-2-3-5-6;;;/h6-7H,2-5H2,1H3;2*2-6H2,1H3;6H,2-5H2,1H3;2-5H2,1H3;3*1H4. The Morgan fingerprint density at radius 3 is 1.00 bits per heavy atom. The van der Waals surface area contributed by atoms with Gasteiger partial charge < -0.3 is 29.8 Å². The lowest BCUT2D eigenvalue weighted by molar-refractivity contribution is 0.261. The molecule has 5 aliphatic heterocycles. The monoisotopic (exact) mass is 543 g/mol. The third-order valence-corrected chi connectivity index (χ3v) is 8.51. The van der Waals surface area contributed by atoms with Crippen molar-refractivity contribution in [2.75, 3.05) is 107 Å². The Morgan fingerprint density at radius 1 is 0.474 bits per heavy atom. The molecule has 0 amide bonds. The highest BCUT2D eigenvalue weighted by molar-refractivity contribution is 4.89. The smallest absolute Gasteiger partial charge is 0.0104 e. The van der Waals surface area contributed by atoms with Crippen molar-refractivity contribution in [2.24, 2.45) is 5.92 Å². The summed E-state index contributed by atoms with van der Waals surface area (Å²) in [4.78, 5) is 12.0. The van der Waals surface area contributed by atoms with E-state index in [1.54, 1.807) is 0 Å². The molecule has 38 heavy (non-hydrogen) atoms. The number of nitrogens with one attached hydrogen (secondary N) is 1. The van der Waals surface area contributed by atoms with E-state index >= 15 is 0 Å². The Hall–Kier alpha value is -0.240. The van der Waals surface area contributed by atoms with Gasteiger partial charge >= 0.3 is 0 Å². The van der Waals surface area contributed by atoms with Gasteiger partial charge in [-0.2, -0.15) is 0 Å². The lowest BCUT2D eigenvalue weighted by Crippen LogP contribution is -2.40. The average Bonchev–Trinajstić information content (AvgIpc) is 3.61. The lowest BCUT2D eigenvalue weighted by atomic mass is 10.1. The lowest BCUT2D eigenvalue weighted by Gasteiger charge is -2.21. The minimum Gasteiger partial charge on any atom is -0.314 e. The topological polar surface area (TPSA) is 28.2 Å². The molecule has 5 heterocycles. The molecule has 2 atom stereocenters. The third-order valence-electron chi connectivity index (χ3n) is 8.51. The molecule has 1 aliphatic carbocycles. The Morgan fingerprint density at radius 2 is 0.842 bits per heavy atom. The summed E-state index contributed by atoms with van der Waals surface area (Å²) in [7, 11) is 11.0. The van der Waals surface area contributed by atoms with Crippen molar-refractivity contribution in [1.29, 1.82) is 0 Å². The van der Waals surface area contributed by atoms with E-state index in [-0.39, 0.29) is 22.3 Å². The highest BCUT2D eigenvalue weighted by Gasteiger charge is 2.35. The van der Waals surface area contributed by atoms with Gasteiger partial charge in [0.15, 0.2) is 0 Å². The molecule has 1 N–H and O–H groups in total. The Labute approximate surface area is 241 Å². The van der Waals surface area contributed by atoms with E-state index in [1.807, 2.05) is 0 Å². The molecule has 2 unspecified atom stereocenters. The van der Waals surface area contributed by atoms with E-state index in [9.17, 15) is 0 Å². The van der Waals surface area contributed by atoms with Crippen LogP contribution in [0.2, 0.25) is 0 Å². The van der Waals surface area contributed by atoms with E-state index in [1.165, 1.54) is 130 Å². The van der Waals surface area contributed by atoms with Crippen molar-refractivity contribution >= 4 is 0 Å². The zero-order chi connectivity index (χ0) is 25.3. The molecule has 0 aromatic rings. The summed E-state index contributed by atoms with van der Waals surface area (Å²) in [5, 5.41) is 3.27. The normalized spacial score (nSPS) is 27.7. The number of likely N-dealkylation sites (N-methyl/N-ethyl adjacent to an activating group) is 1. The summed E-state index contributed by atoms with van der Waals surface area (Å²) in [5.41, 5.74) is 0. The van der Waals surface area contributed by atoms with Crippen LogP contribution in [-0.4, -0.2) is 138 Å². The molecule has 2 bridgehead atoms. The van der Waals surface area contributed by atoms with Crippen LogP contribution < -0.4 is 5.32 Å². The van der Waals surface area contributed by atoms with Gasteiger partial charge in [0, 0.05) is 38.8 Å². The number of piperazine rings is 1. The molecule has 6 fully saturated rings. The summed E-state index contributed by atoms with van der Waals surface area (Å²) < 4.78 is 0. The van der Waals surface area contributed by atoms with Gasteiger partial charge in [-0.15, -0.1) is 0 Å². The van der Waals surface area contributed by atoms with E-state index in [2.05, 4.69) is 65.1 Å². The summed E-state index contributed by atoms with van der Waals surface area (Å²) in [6.45, 7) is 14.0. The highest BCUT2D eigenvalue weighted by Crippen LogP contribution is 2.35. The predicted molar refractivity (Wildman–Crippen MR) is 174 cm³/mol. The number of likely N-dealkylation sites (tertiary alicyclic amines) is 4. The van der Waals surface area contributed by atoms with Crippen LogP contribution in [0.25, 0.3) is 0 Å². The van der Waals surface area contributed by atoms with Gasteiger partial charge in [-0.3, -0.25) is 0 Å². The zero-order valence-corrected chi connectivity index (χ0v) is 24.4.